The third kappa shape index (κ3) is 2.96. The molecule has 108 valence electrons. The van der Waals surface area contributed by atoms with Crippen molar-refractivity contribution >= 4 is 11.8 Å². The summed E-state index contributed by atoms with van der Waals surface area (Å²) in [4.78, 5) is 26.8. The predicted molar refractivity (Wildman–Crippen MR) is 70.7 cm³/mol. The number of rotatable bonds is 2. The van der Waals surface area contributed by atoms with E-state index in [0.29, 0.717) is 31.7 Å². The van der Waals surface area contributed by atoms with Crippen LogP contribution in [-0.4, -0.2) is 59.5 Å². The van der Waals surface area contributed by atoms with Crippen LogP contribution in [-0.2, 0) is 4.79 Å². The van der Waals surface area contributed by atoms with Gasteiger partial charge in [0.15, 0.2) is 0 Å². The van der Waals surface area contributed by atoms with Crippen LogP contribution in [0.3, 0.4) is 0 Å². The number of amides is 2. The molecule has 1 aromatic carbocycles. The van der Waals surface area contributed by atoms with Gasteiger partial charge in [-0.15, -0.1) is 0 Å². The number of benzene rings is 1. The molecule has 5 nitrogen and oxygen atoms in total. The van der Waals surface area contributed by atoms with Crippen LogP contribution in [0.2, 0.25) is 0 Å². The zero-order chi connectivity index (χ0) is 14.7. The molecule has 1 heterocycles. The highest BCUT2D eigenvalue weighted by atomic mass is 19.1. The fraction of sp³-hybridized carbons (Fsp3) is 0.429. The number of carbonyl (C=O) groups is 2. The molecule has 1 N–H and O–H groups in total. The largest absolute Gasteiger partial charge is 0.387 e. The number of piperazine rings is 1. The van der Waals surface area contributed by atoms with Crippen molar-refractivity contribution in [3.05, 3.63) is 35.1 Å². The maximum Gasteiger partial charge on any atom is 0.254 e. The topological polar surface area (TPSA) is 60.9 Å². The summed E-state index contributed by atoms with van der Waals surface area (Å²) in [5, 5.41) is 8.79. The van der Waals surface area contributed by atoms with Crippen LogP contribution in [0, 0.1) is 12.7 Å². The Morgan fingerprint density at radius 1 is 1.20 bits per heavy atom. The number of aryl methyl sites for hydroxylation is 1. The first-order valence-corrected chi connectivity index (χ1v) is 6.47. The molecule has 2 rings (SSSR count). The Balaban J connectivity index is 2.05. The second-order valence-corrected chi connectivity index (χ2v) is 4.79. The van der Waals surface area contributed by atoms with Gasteiger partial charge in [0.2, 0.25) is 5.91 Å². The van der Waals surface area contributed by atoms with Gasteiger partial charge < -0.3 is 14.9 Å². The van der Waals surface area contributed by atoms with Gasteiger partial charge in [-0.1, -0.05) is 6.07 Å². The highest BCUT2D eigenvalue weighted by Crippen LogP contribution is 2.14. The molecule has 0 bridgehead atoms. The number of aliphatic hydroxyl groups is 1. The molecular formula is C14H17FN2O3. The molecule has 20 heavy (non-hydrogen) atoms. The van der Waals surface area contributed by atoms with Crippen LogP contribution >= 0.6 is 0 Å². The molecule has 0 unspecified atom stereocenters. The van der Waals surface area contributed by atoms with E-state index in [1.54, 1.807) is 17.9 Å². The minimum atomic E-state index is -0.517. The van der Waals surface area contributed by atoms with Gasteiger partial charge in [-0.05, 0) is 24.6 Å². The van der Waals surface area contributed by atoms with Gasteiger partial charge in [-0.25, -0.2) is 4.39 Å². The summed E-state index contributed by atoms with van der Waals surface area (Å²) in [5.74, 6) is -0.995. The molecule has 0 radical (unpaired) electrons. The maximum atomic E-state index is 13.2. The summed E-state index contributed by atoms with van der Waals surface area (Å²) in [6, 6.07) is 4.14. The molecule has 1 saturated heterocycles. The molecule has 0 saturated carbocycles. The summed E-state index contributed by atoms with van der Waals surface area (Å²) >= 11 is 0. The molecule has 0 atom stereocenters. The number of hydrogen-bond donors (Lipinski definition) is 1. The van der Waals surface area contributed by atoms with E-state index in [-0.39, 0.29) is 11.8 Å². The lowest BCUT2D eigenvalue weighted by molar-refractivity contribution is -0.135. The number of aliphatic hydroxyl groups excluding tert-OH is 1. The minimum Gasteiger partial charge on any atom is -0.387 e. The van der Waals surface area contributed by atoms with Crippen LogP contribution in [0.15, 0.2) is 18.2 Å². The third-order valence-corrected chi connectivity index (χ3v) is 3.48. The molecule has 0 aliphatic carbocycles. The molecule has 6 heteroatoms. The fourth-order valence-corrected chi connectivity index (χ4v) is 2.25. The normalized spacial score (nSPS) is 15.3. The van der Waals surface area contributed by atoms with Crippen molar-refractivity contribution in [1.82, 2.24) is 9.80 Å². The average molecular weight is 280 g/mol. The van der Waals surface area contributed by atoms with E-state index in [0.717, 1.165) is 5.56 Å². The third-order valence-electron chi connectivity index (χ3n) is 3.48. The van der Waals surface area contributed by atoms with Crippen molar-refractivity contribution in [2.24, 2.45) is 0 Å². The number of halogens is 1. The Labute approximate surface area is 116 Å². The van der Waals surface area contributed by atoms with Crippen molar-refractivity contribution in [2.75, 3.05) is 32.8 Å². The molecule has 0 spiro atoms. The zero-order valence-electron chi connectivity index (χ0n) is 11.3. The molecule has 2 amide bonds. The summed E-state index contributed by atoms with van der Waals surface area (Å²) in [7, 11) is 0. The molecule has 1 aromatic rings. The van der Waals surface area contributed by atoms with E-state index in [1.807, 2.05) is 0 Å². The summed E-state index contributed by atoms with van der Waals surface area (Å²) in [5.41, 5.74) is 1.08. The fourth-order valence-electron chi connectivity index (χ4n) is 2.25. The van der Waals surface area contributed by atoms with Crippen molar-refractivity contribution < 1.29 is 19.1 Å². The molecule has 1 aliphatic heterocycles. The van der Waals surface area contributed by atoms with Gasteiger partial charge >= 0.3 is 0 Å². The maximum absolute atomic E-state index is 13.2. The molecule has 0 aromatic heterocycles. The zero-order valence-corrected chi connectivity index (χ0v) is 11.3. The molecular weight excluding hydrogens is 263 g/mol. The van der Waals surface area contributed by atoms with Crippen molar-refractivity contribution in [1.29, 1.82) is 0 Å². The first-order valence-electron chi connectivity index (χ1n) is 6.47. The van der Waals surface area contributed by atoms with E-state index in [4.69, 9.17) is 5.11 Å². The monoisotopic (exact) mass is 280 g/mol. The van der Waals surface area contributed by atoms with Crippen LogP contribution in [0.25, 0.3) is 0 Å². The standard InChI is InChI=1S/C14H17FN2O3/c1-10-2-3-11(15)8-12(10)14(20)17-6-4-16(5-7-17)13(19)9-18/h2-3,8,18H,4-7,9H2,1H3. The van der Waals surface area contributed by atoms with E-state index >= 15 is 0 Å². The molecule has 1 aliphatic rings. The van der Waals surface area contributed by atoms with Crippen LogP contribution in [0.4, 0.5) is 4.39 Å². The smallest absolute Gasteiger partial charge is 0.254 e. The van der Waals surface area contributed by atoms with Crippen LogP contribution in [0.5, 0.6) is 0 Å². The summed E-state index contributed by atoms with van der Waals surface area (Å²) in [6.45, 7) is 2.80. The molecule has 1 fully saturated rings. The Morgan fingerprint density at radius 2 is 1.80 bits per heavy atom. The van der Waals surface area contributed by atoms with Gasteiger partial charge in [-0.3, -0.25) is 9.59 Å². The lowest BCUT2D eigenvalue weighted by Crippen LogP contribution is -2.51. The lowest BCUT2D eigenvalue weighted by Gasteiger charge is -2.34. The van der Waals surface area contributed by atoms with Crippen molar-refractivity contribution in [3.8, 4) is 0 Å². The quantitative estimate of drug-likeness (QED) is 0.853. The first-order chi connectivity index (χ1) is 9.52. The van der Waals surface area contributed by atoms with Gasteiger partial charge in [0.05, 0.1) is 0 Å². The van der Waals surface area contributed by atoms with Gasteiger partial charge in [0.25, 0.3) is 5.91 Å². The highest BCUT2D eigenvalue weighted by Gasteiger charge is 2.25. The van der Waals surface area contributed by atoms with E-state index in [1.165, 1.54) is 17.0 Å². The lowest BCUT2D eigenvalue weighted by atomic mass is 10.1. The SMILES string of the molecule is Cc1ccc(F)cc1C(=O)N1CCN(C(=O)CO)CC1. The van der Waals surface area contributed by atoms with E-state index in [9.17, 15) is 14.0 Å². The van der Waals surface area contributed by atoms with Crippen LogP contribution in [0.1, 0.15) is 15.9 Å². The summed E-state index contributed by atoms with van der Waals surface area (Å²) in [6.07, 6.45) is 0. The predicted octanol–water partition coefficient (Wildman–Crippen LogP) is 0.411. The van der Waals surface area contributed by atoms with Gasteiger partial charge in [0.1, 0.15) is 12.4 Å². The second-order valence-electron chi connectivity index (χ2n) is 4.79. The van der Waals surface area contributed by atoms with Crippen molar-refractivity contribution in [2.45, 2.75) is 6.92 Å². The number of carbonyl (C=O) groups excluding carboxylic acids is 2. The van der Waals surface area contributed by atoms with Crippen molar-refractivity contribution in [3.63, 3.8) is 0 Å². The Hall–Kier alpha value is -1.95. The Morgan fingerprint density at radius 3 is 2.40 bits per heavy atom. The Bertz CT molecular complexity index is 525. The summed E-state index contributed by atoms with van der Waals surface area (Å²) < 4.78 is 13.2. The van der Waals surface area contributed by atoms with Gasteiger partial charge in [0, 0.05) is 31.7 Å². The van der Waals surface area contributed by atoms with E-state index < -0.39 is 12.4 Å². The minimum absolute atomic E-state index is 0.224. The first kappa shape index (κ1) is 14.5. The number of hydrogen-bond acceptors (Lipinski definition) is 3. The van der Waals surface area contributed by atoms with E-state index in [2.05, 4.69) is 0 Å². The van der Waals surface area contributed by atoms with Crippen LogP contribution < -0.4 is 0 Å². The number of nitrogens with zero attached hydrogens (tertiary/aromatic N) is 2. The highest BCUT2D eigenvalue weighted by molar-refractivity contribution is 5.95. The second kappa shape index (κ2) is 6.00. The van der Waals surface area contributed by atoms with Gasteiger partial charge in [-0.2, -0.15) is 0 Å². The Kier molecular flexibility index (Phi) is 4.34. The average Bonchev–Trinajstić information content (AvgIpc) is 2.48.